The van der Waals surface area contributed by atoms with Crippen LogP contribution < -0.4 is 10.9 Å². The Hall–Kier alpha value is -2.98. The van der Waals surface area contributed by atoms with Crippen molar-refractivity contribution in [1.29, 1.82) is 5.26 Å². The Bertz CT molecular complexity index is 1070. The maximum atomic E-state index is 13.9. The largest absolute Gasteiger partial charge is 0.308 e. The number of benzene rings is 1. The van der Waals surface area contributed by atoms with E-state index in [-0.39, 0.29) is 22.8 Å². The summed E-state index contributed by atoms with van der Waals surface area (Å²) in [5.74, 6) is -0.188. The normalized spacial score (nSPS) is 12.8. The zero-order chi connectivity index (χ0) is 20.3. The number of nitriles is 1. The summed E-state index contributed by atoms with van der Waals surface area (Å²) < 4.78 is 15.2. The fraction of sp³-hybridized carbons (Fsp3) is 0.381. The molecule has 0 aliphatic rings. The van der Waals surface area contributed by atoms with Crippen LogP contribution in [-0.2, 0) is 13.0 Å². The molecule has 0 bridgehead atoms. The molecule has 1 unspecified atom stereocenters. The molecular weight excluding hydrogens is 357 g/mol. The molecule has 2 aromatic heterocycles. The molecule has 0 aliphatic carbocycles. The lowest BCUT2D eigenvalue weighted by Gasteiger charge is -2.32. The molecule has 28 heavy (non-hydrogen) atoms. The summed E-state index contributed by atoms with van der Waals surface area (Å²) in [5.41, 5.74) is 1.60. The quantitative estimate of drug-likeness (QED) is 0.687. The number of halogens is 1. The number of rotatable bonds is 6. The van der Waals surface area contributed by atoms with E-state index in [9.17, 15) is 9.18 Å². The average Bonchev–Trinajstić information content (AvgIpc) is 3.05. The highest BCUT2D eigenvalue weighted by molar-refractivity contribution is 5.53. The molecule has 146 valence electrons. The molecule has 0 saturated carbocycles. The van der Waals surface area contributed by atoms with Gasteiger partial charge in [-0.25, -0.2) is 13.9 Å². The van der Waals surface area contributed by atoms with Crippen LogP contribution in [-0.4, -0.2) is 20.6 Å². The van der Waals surface area contributed by atoms with Crippen molar-refractivity contribution in [2.24, 2.45) is 5.41 Å². The van der Waals surface area contributed by atoms with E-state index in [1.54, 1.807) is 12.1 Å². The van der Waals surface area contributed by atoms with E-state index in [0.29, 0.717) is 35.4 Å². The monoisotopic (exact) mass is 381 g/mol. The number of hydrogen-bond acceptors (Lipinski definition) is 4. The minimum absolute atomic E-state index is 0.0592. The van der Waals surface area contributed by atoms with Gasteiger partial charge in [-0.3, -0.25) is 9.89 Å². The van der Waals surface area contributed by atoms with Crippen LogP contribution in [0.5, 0.6) is 0 Å². The van der Waals surface area contributed by atoms with Crippen LogP contribution >= 0.6 is 0 Å². The summed E-state index contributed by atoms with van der Waals surface area (Å²) in [6.45, 7) is 6.76. The van der Waals surface area contributed by atoms with E-state index in [1.165, 1.54) is 22.8 Å². The van der Waals surface area contributed by atoms with E-state index in [0.717, 1.165) is 6.42 Å². The van der Waals surface area contributed by atoms with Gasteiger partial charge in [-0.2, -0.15) is 5.26 Å². The second-order valence-corrected chi connectivity index (χ2v) is 7.97. The molecule has 2 N–H and O–H groups in total. The van der Waals surface area contributed by atoms with Gasteiger partial charge in [0.15, 0.2) is 5.65 Å². The highest BCUT2D eigenvalue weighted by atomic mass is 19.1. The first-order valence-corrected chi connectivity index (χ1v) is 9.26. The van der Waals surface area contributed by atoms with Crippen LogP contribution in [0.25, 0.3) is 5.65 Å². The molecule has 0 amide bonds. The Morgan fingerprint density at radius 2 is 2.11 bits per heavy atom. The predicted octanol–water partition coefficient (Wildman–Crippen LogP) is 3.17. The lowest BCUT2D eigenvalue weighted by atomic mass is 9.83. The van der Waals surface area contributed by atoms with Crippen molar-refractivity contribution >= 4 is 5.65 Å². The number of nitrogens with one attached hydrogen (secondary N) is 2. The van der Waals surface area contributed by atoms with Crippen molar-refractivity contribution in [1.82, 2.24) is 19.9 Å². The molecule has 0 spiro atoms. The van der Waals surface area contributed by atoms with Gasteiger partial charge in [0.05, 0.1) is 5.69 Å². The fourth-order valence-corrected chi connectivity index (χ4v) is 3.27. The number of aromatic nitrogens is 3. The second kappa shape index (κ2) is 7.95. The van der Waals surface area contributed by atoms with Gasteiger partial charge in [-0.1, -0.05) is 39.0 Å². The summed E-state index contributed by atoms with van der Waals surface area (Å²) in [7, 11) is 0. The maximum Gasteiger partial charge on any atom is 0.272 e. The number of nitrogens with zero attached hydrogens (tertiary/aromatic N) is 3. The number of H-pyrrole nitrogens is 1. The highest BCUT2D eigenvalue weighted by Crippen LogP contribution is 2.24. The number of aryl methyl sites for hydroxylation is 1. The van der Waals surface area contributed by atoms with Gasteiger partial charge >= 0.3 is 0 Å². The van der Waals surface area contributed by atoms with Crippen molar-refractivity contribution in [3.05, 3.63) is 69.5 Å². The Morgan fingerprint density at radius 3 is 2.79 bits per heavy atom. The Kier molecular flexibility index (Phi) is 5.61. The molecule has 3 aromatic rings. The molecule has 3 rings (SSSR count). The molecule has 0 aliphatic heterocycles. The zero-order valence-corrected chi connectivity index (χ0v) is 16.3. The van der Waals surface area contributed by atoms with E-state index >= 15 is 0 Å². The van der Waals surface area contributed by atoms with Crippen molar-refractivity contribution in [2.75, 3.05) is 0 Å². The molecule has 2 heterocycles. The van der Waals surface area contributed by atoms with Crippen molar-refractivity contribution in [3.8, 4) is 6.07 Å². The molecule has 1 atom stereocenters. The Labute approximate surface area is 163 Å². The van der Waals surface area contributed by atoms with Gasteiger partial charge in [-0.05, 0) is 29.9 Å². The molecule has 0 fully saturated rings. The molecule has 1 aromatic carbocycles. The molecule has 7 heteroatoms. The SMILES string of the molecule is CC(C)(C)C(CCc1ccccc1F)NCc1cc(=O)n2[nH]cc(C#N)c2n1. The summed E-state index contributed by atoms with van der Waals surface area (Å²) in [4.78, 5) is 16.7. The van der Waals surface area contributed by atoms with E-state index in [2.05, 4.69) is 36.2 Å². The predicted molar refractivity (Wildman–Crippen MR) is 105 cm³/mol. The van der Waals surface area contributed by atoms with Crippen LogP contribution in [0.15, 0.2) is 41.3 Å². The lowest BCUT2D eigenvalue weighted by Crippen LogP contribution is -2.40. The average molecular weight is 381 g/mol. The second-order valence-electron chi connectivity index (χ2n) is 7.97. The molecule has 6 nitrogen and oxygen atoms in total. The highest BCUT2D eigenvalue weighted by Gasteiger charge is 2.24. The Balaban J connectivity index is 1.75. The van der Waals surface area contributed by atoms with Gasteiger partial charge in [0.1, 0.15) is 17.4 Å². The topological polar surface area (TPSA) is 86.0 Å². The van der Waals surface area contributed by atoms with Crippen molar-refractivity contribution < 1.29 is 4.39 Å². The maximum absolute atomic E-state index is 13.9. The Morgan fingerprint density at radius 1 is 1.36 bits per heavy atom. The third-order valence-corrected chi connectivity index (χ3v) is 4.91. The number of aromatic amines is 1. The zero-order valence-electron chi connectivity index (χ0n) is 16.3. The van der Waals surface area contributed by atoms with Crippen LogP contribution in [0.1, 0.15) is 44.0 Å². The van der Waals surface area contributed by atoms with Gasteiger partial charge in [0.25, 0.3) is 5.56 Å². The summed E-state index contributed by atoms with van der Waals surface area (Å²) in [5, 5.41) is 15.4. The summed E-state index contributed by atoms with van der Waals surface area (Å²) in [6, 6.07) is 10.4. The minimum Gasteiger partial charge on any atom is -0.308 e. The van der Waals surface area contributed by atoms with Gasteiger partial charge in [0.2, 0.25) is 0 Å². The standard InChI is InChI=1S/C21H24FN5O/c1-21(2,3)18(9-8-14-6-4-5-7-17(14)22)24-13-16-10-19(28)27-20(26-16)15(11-23)12-25-27/h4-7,10,12,18,24-25H,8-9,13H2,1-3H3. The first-order valence-electron chi connectivity index (χ1n) is 9.26. The first-order chi connectivity index (χ1) is 13.3. The van der Waals surface area contributed by atoms with Gasteiger partial charge in [-0.15, -0.1) is 0 Å². The first kappa shape index (κ1) is 19.8. The summed E-state index contributed by atoms with van der Waals surface area (Å²) in [6.07, 6.45) is 2.83. The van der Waals surface area contributed by atoms with Crippen LogP contribution in [0.4, 0.5) is 4.39 Å². The lowest BCUT2D eigenvalue weighted by molar-refractivity contribution is 0.252. The van der Waals surface area contributed by atoms with Crippen LogP contribution in [0.2, 0.25) is 0 Å². The molecular formula is C21H24FN5O. The smallest absolute Gasteiger partial charge is 0.272 e. The molecule has 0 radical (unpaired) electrons. The van der Waals surface area contributed by atoms with Crippen LogP contribution in [0.3, 0.4) is 0 Å². The van der Waals surface area contributed by atoms with E-state index in [1.807, 2.05) is 12.1 Å². The van der Waals surface area contributed by atoms with Gasteiger partial charge in [0, 0.05) is 24.8 Å². The van der Waals surface area contributed by atoms with Gasteiger partial charge < -0.3 is 5.32 Å². The van der Waals surface area contributed by atoms with Crippen LogP contribution in [0, 0.1) is 22.6 Å². The fourth-order valence-electron chi connectivity index (χ4n) is 3.27. The van der Waals surface area contributed by atoms with E-state index < -0.39 is 0 Å². The third kappa shape index (κ3) is 4.29. The van der Waals surface area contributed by atoms with Crippen molar-refractivity contribution in [3.63, 3.8) is 0 Å². The minimum atomic E-state index is -0.262. The third-order valence-electron chi connectivity index (χ3n) is 4.91. The number of hydrogen-bond donors (Lipinski definition) is 2. The van der Waals surface area contributed by atoms with E-state index in [4.69, 9.17) is 5.26 Å². The van der Waals surface area contributed by atoms with Crippen molar-refractivity contribution in [2.45, 2.75) is 46.2 Å². The summed E-state index contributed by atoms with van der Waals surface area (Å²) >= 11 is 0. The number of fused-ring (bicyclic) bond motifs is 1. The molecule has 0 saturated heterocycles.